The van der Waals surface area contributed by atoms with Crippen LogP contribution >= 0.6 is 0 Å². The molecule has 2 N–H and O–H groups in total. The van der Waals surface area contributed by atoms with Gasteiger partial charge in [-0.2, -0.15) is 0 Å². The Balaban J connectivity index is 1.61. The van der Waals surface area contributed by atoms with Crippen LogP contribution in [-0.2, 0) is 4.79 Å². The third kappa shape index (κ3) is 6.11. The number of ether oxygens (including phenoxy) is 2. The van der Waals surface area contributed by atoms with Crippen LogP contribution in [0.15, 0.2) is 54.7 Å². The van der Waals surface area contributed by atoms with Crippen LogP contribution in [-0.4, -0.2) is 60.2 Å². The van der Waals surface area contributed by atoms with E-state index in [-0.39, 0.29) is 18.5 Å². The van der Waals surface area contributed by atoms with Gasteiger partial charge < -0.3 is 19.7 Å². The summed E-state index contributed by atoms with van der Waals surface area (Å²) in [6.45, 7) is 2.89. The van der Waals surface area contributed by atoms with Gasteiger partial charge in [0.1, 0.15) is 18.0 Å². The number of carbonyl (C=O) groups is 2. The maximum atomic E-state index is 13.0. The van der Waals surface area contributed by atoms with E-state index in [1.165, 1.54) is 0 Å². The number of hydrogen-bond acceptors (Lipinski definition) is 5. The van der Waals surface area contributed by atoms with Gasteiger partial charge >= 0.3 is 6.03 Å². The lowest BCUT2D eigenvalue weighted by atomic mass is 10.1. The van der Waals surface area contributed by atoms with Crippen molar-refractivity contribution in [1.82, 2.24) is 19.8 Å². The van der Waals surface area contributed by atoms with Crippen LogP contribution in [0, 0.1) is 5.92 Å². The van der Waals surface area contributed by atoms with Gasteiger partial charge in [0.25, 0.3) is 0 Å². The molecule has 0 atom stereocenters. The molecule has 3 amide bonds. The monoisotopic (exact) mass is 477 g/mol. The number of amides is 3. The smallest absolute Gasteiger partial charge is 0.317 e. The van der Waals surface area contributed by atoms with Gasteiger partial charge in [0.15, 0.2) is 0 Å². The first-order chi connectivity index (χ1) is 17.0. The number of urea groups is 1. The predicted molar refractivity (Wildman–Crippen MR) is 134 cm³/mol. The molecule has 0 saturated heterocycles. The highest BCUT2D eigenvalue weighted by Crippen LogP contribution is 2.30. The standard InChI is InChI=1S/C26H31N5O4/c1-4-27-26(33)30(15-18-8-9-18)17-24(32)29-25-28-23(19-6-5-7-22(14-19)35-3)16-31(25)20-10-12-21(34-2)13-11-20/h5-7,10-14,16,18H,4,8-9,15,17H2,1-3H3,(H,27,33)(H,28,29,32). The third-order valence-electron chi connectivity index (χ3n) is 5.80. The lowest BCUT2D eigenvalue weighted by Gasteiger charge is -2.22. The normalized spacial score (nSPS) is 12.7. The van der Waals surface area contributed by atoms with E-state index in [2.05, 4.69) is 10.6 Å². The van der Waals surface area contributed by atoms with Gasteiger partial charge in [-0.15, -0.1) is 0 Å². The van der Waals surface area contributed by atoms with E-state index in [0.29, 0.717) is 36.4 Å². The zero-order valence-corrected chi connectivity index (χ0v) is 20.3. The molecule has 1 aliphatic carbocycles. The number of methoxy groups -OCH3 is 2. The molecule has 0 bridgehead atoms. The van der Waals surface area contributed by atoms with Crippen molar-refractivity contribution >= 4 is 17.9 Å². The van der Waals surface area contributed by atoms with E-state index in [9.17, 15) is 9.59 Å². The zero-order valence-electron chi connectivity index (χ0n) is 20.3. The second kappa shape index (κ2) is 10.9. The molecular weight excluding hydrogens is 446 g/mol. The predicted octanol–water partition coefficient (Wildman–Crippen LogP) is 3.94. The van der Waals surface area contributed by atoms with Crippen LogP contribution in [0.3, 0.4) is 0 Å². The fourth-order valence-electron chi connectivity index (χ4n) is 3.76. The van der Waals surface area contributed by atoms with E-state index in [1.807, 2.05) is 66.2 Å². The number of anilines is 1. The lowest BCUT2D eigenvalue weighted by Crippen LogP contribution is -2.45. The fraction of sp³-hybridized carbons (Fsp3) is 0.346. The topological polar surface area (TPSA) is 97.7 Å². The van der Waals surface area contributed by atoms with E-state index in [1.54, 1.807) is 19.1 Å². The van der Waals surface area contributed by atoms with Crippen molar-refractivity contribution in [2.45, 2.75) is 19.8 Å². The van der Waals surface area contributed by atoms with E-state index < -0.39 is 0 Å². The molecule has 9 nitrogen and oxygen atoms in total. The summed E-state index contributed by atoms with van der Waals surface area (Å²) >= 11 is 0. The van der Waals surface area contributed by atoms with Crippen molar-refractivity contribution < 1.29 is 19.1 Å². The molecular formula is C26H31N5O4. The van der Waals surface area contributed by atoms with Crippen LogP contribution in [0.1, 0.15) is 19.8 Å². The number of benzene rings is 2. The maximum Gasteiger partial charge on any atom is 0.317 e. The van der Waals surface area contributed by atoms with Crippen molar-refractivity contribution in [3.8, 4) is 28.4 Å². The molecule has 0 aliphatic heterocycles. The SMILES string of the molecule is CCNC(=O)N(CC(=O)Nc1nc(-c2cccc(OC)c2)cn1-c1ccc(OC)cc1)CC1CC1. The minimum absolute atomic E-state index is 0.0493. The molecule has 35 heavy (non-hydrogen) atoms. The van der Waals surface area contributed by atoms with E-state index in [0.717, 1.165) is 29.8 Å². The molecule has 1 aromatic heterocycles. The van der Waals surface area contributed by atoms with Gasteiger partial charge in [0.2, 0.25) is 11.9 Å². The number of nitrogens with zero attached hydrogens (tertiary/aromatic N) is 3. The average Bonchev–Trinajstić information content (AvgIpc) is 3.60. The van der Waals surface area contributed by atoms with Gasteiger partial charge in [0.05, 0.1) is 19.9 Å². The van der Waals surface area contributed by atoms with Crippen molar-refractivity contribution in [1.29, 1.82) is 0 Å². The molecule has 2 aromatic carbocycles. The quantitative estimate of drug-likeness (QED) is 0.461. The number of rotatable bonds is 10. The number of imidazole rings is 1. The Morgan fingerprint density at radius 3 is 2.49 bits per heavy atom. The minimum Gasteiger partial charge on any atom is -0.497 e. The molecule has 1 aliphatic rings. The molecule has 0 radical (unpaired) electrons. The molecule has 4 rings (SSSR count). The van der Waals surface area contributed by atoms with Crippen molar-refractivity contribution in [3.05, 3.63) is 54.7 Å². The highest BCUT2D eigenvalue weighted by molar-refractivity contribution is 5.93. The molecule has 9 heteroatoms. The molecule has 1 fully saturated rings. The summed E-state index contributed by atoms with van der Waals surface area (Å²) in [5.74, 6) is 1.95. The van der Waals surface area contributed by atoms with Crippen molar-refractivity contribution in [2.24, 2.45) is 5.92 Å². The summed E-state index contributed by atoms with van der Waals surface area (Å²) in [5.41, 5.74) is 2.33. The summed E-state index contributed by atoms with van der Waals surface area (Å²) in [6, 6.07) is 14.8. The van der Waals surface area contributed by atoms with Gasteiger partial charge in [-0.3, -0.25) is 14.7 Å². The number of aromatic nitrogens is 2. The largest absolute Gasteiger partial charge is 0.497 e. The number of carbonyl (C=O) groups excluding carboxylic acids is 2. The molecule has 0 spiro atoms. The first-order valence-corrected chi connectivity index (χ1v) is 11.7. The van der Waals surface area contributed by atoms with Crippen LogP contribution in [0.4, 0.5) is 10.7 Å². The highest BCUT2D eigenvalue weighted by Gasteiger charge is 2.28. The van der Waals surface area contributed by atoms with Crippen LogP contribution in [0.5, 0.6) is 11.5 Å². The van der Waals surface area contributed by atoms with Crippen LogP contribution < -0.4 is 20.1 Å². The summed E-state index contributed by atoms with van der Waals surface area (Å²) in [6.07, 6.45) is 4.03. The van der Waals surface area contributed by atoms with E-state index in [4.69, 9.17) is 14.5 Å². The summed E-state index contributed by atoms with van der Waals surface area (Å²) in [5, 5.41) is 5.70. The maximum absolute atomic E-state index is 13.0. The molecule has 1 heterocycles. The van der Waals surface area contributed by atoms with E-state index >= 15 is 0 Å². The summed E-state index contributed by atoms with van der Waals surface area (Å²) in [7, 11) is 3.23. The van der Waals surface area contributed by atoms with Crippen LogP contribution in [0.2, 0.25) is 0 Å². The van der Waals surface area contributed by atoms with Crippen LogP contribution in [0.25, 0.3) is 16.9 Å². The van der Waals surface area contributed by atoms with Crippen molar-refractivity contribution in [3.63, 3.8) is 0 Å². The Kier molecular flexibility index (Phi) is 7.54. The number of hydrogen-bond donors (Lipinski definition) is 2. The Morgan fingerprint density at radius 2 is 1.83 bits per heavy atom. The summed E-state index contributed by atoms with van der Waals surface area (Å²) in [4.78, 5) is 31.8. The molecule has 0 unspecified atom stereocenters. The first-order valence-electron chi connectivity index (χ1n) is 11.7. The molecule has 1 saturated carbocycles. The average molecular weight is 478 g/mol. The third-order valence-corrected chi connectivity index (χ3v) is 5.80. The number of nitrogens with one attached hydrogen (secondary N) is 2. The fourth-order valence-corrected chi connectivity index (χ4v) is 3.76. The Labute approximate surface area is 205 Å². The van der Waals surface area contributed by atoms with Gasteiger partial charge in [0, 0.05) is 30.5 Å². The summed E-state index contributed by atoms with van der Waals surface area (Å²) < 4.78 is 12.4. The molecule has 184 valence electrons. The van der Waals surface area contributed by atoms with Gasteiger partial charge in [-0.25, -0.2) is 9.78 Å². The van der Waals surface area contributed by atoms with Crippen molar-refractivity contribution in [2.75, 3.05) is 39.2 Å². The highest BCUT2D eigenvalue weighted by atomic mass is 16.5. The van der Waals surface area contributed by atoms with Gasteiger partial charge in [-0.1, -0.05) is 12.1 Å². The second-order valence-corrected chi connectivity index (χ2v) is 8.46. The Bertz CT molecular complexity index is 1170. The minimum atomic E-state index is -0.311. The Morgan fingerprint density at radius 1 is 1.09 bits per heavy atom. The second-order valence-electron chi connectivity index (χ2n) is 8.46. The first kappa shape index (κ1) is 24.1. The Hall–Kier alpha value is -4.01. The van der Waals surface area contributed by atoms with Gasteiger partial charge in [-0.05, 0) is 62.1 Å². The molecule has 3 aromatic rings. The lowest BCUT2D eigenvalue weighted by molar-refractivity contribution is -0.116. The zero-order chi connectivity index (χ0) is 24.8.